The van der Waals surface area contributed by atoms with E-state index in [0.29, 0.717) is 23.2 Å². The fourth-order valence-corrected chi connectivity index (χ4v) is 4.86. The zero-order chi connectivity index (χ0) is 19.1. The first-order chi connectivity index (χ1) is 13.6. The van der Waals surface area contributed by atoms with Crippen molar-refractivity contribution in [3.63, 3.8) is 0 Å². The van der Waals surface area contributed by atoms with Crippen LogP contribution in [0.5, 0.6) is 0 Å². The minimum atomic E-state index is -0.353. The number of rotatable bonds is 5. The number of nitrogens with zero attached hydrogens (tertiary/aromatic N) is 3. The van der Waals surface area contributed by atoms with Crippen LogP contribution in [-0.4, -0.2) is 40.1 Å². The Labute approximate surface area is 165 Å². The van der Waals surface area contributed by atoms with E-state index in [4.69, 9.17) is 4.42 Å². The molecule has 1 N–H and O–H groups in total. The zero-order valence-corrected chi connectivity index (χ0v) is 16.5. The Bertz CT molecular complexity index is 863. The maximum atomic E-state index is 12.7. The van der Waals surface area contributed by atoms with Crippen molar-refractivity contribution in [2.24, 2.45) is 5.41 Å². The normalized spacial score (nSPS) is 23.5. The van der Waals surface area contributed by atoms with Gasteiger partial charge in [-0.3, -0.25) is 4.79 Å². The summed E-state index contributed by atoms with van der Waals surface area (Å²) in [5.74, 6) is 1.20. The van der Waals surface area contributed by atoms with Crippen LogP contribution in [0.4, 0.5) is 6.01 Å². The van der Waals surface area contributed by atoms with Gasteiger partial charge in [-0.15, -0.1) is 5.10 Å². The first-order valence-electron chi connectivity index (χ1n) is 10.6. The molecule has 1 saturated heterocycles. The van der Waals surface area contributed by atoms with E-state index in [1.54, 1.807) is 0 Å². The van der Waals surface area contributed by atoms with E-state index in [1.807, 2.05) is 11.8 Å². The van der Waals surface area contributed by atoms with E-state index in [0.717, 1.165) is 45.2 Å². The molecule has 6 nitrogen and oxygen atoms in total. The van der Waals surface area contributed by atoms with Crippen LogP contribution in [-0.2, 0) is 17.6 Å². The third-order valence-electron chi connectivity index (χ3n) is 6.95. The number of carbonyl (C=O) groups excluding carboxylic acids is 1. The molecule has 5 rings (SSSR count). The fraction of sp³-hybridized carbons (Fsp3) is 0.591. The van der Waals surface area contributed by atoms with Crippen LogP contribution in [0.25, 0.3) is 0 Å². The van der Waals surface area contributed by atoms with Gasteiger partial charge in [0, 0.05) is 19.5 Å². The van der Waals surface area contributed by atoms with Gasteiger partial charge in [0.25, 0.3) is 0 Å². The van der Waals surface area contributed by atoms with Crippen molar-refractivity contribution in [2.75, 3.05) is 18.4 Å². The summed E-state index contributed by atoms with van der Waals surface area (Å²) >= 11 is 0. The van der Waals surface area contributed by atoms with Gasteiger partial charge in [0.1, 0.15) is 6.04 Å². The molecule has 2 aromatic rings. The zero-order valence-electron chi connectivity index (χ0n) is 16.5. The highest BCUT2D eigenvalue weighted by molar-refractivity contribution is 5.83. The van der Waals surface area contributed by atoms with Crippen LogP contribution < -0.4 is 5.32 Å². The Kier molecular flexibility index (Phi) is 4.37. The van der Waals surface area contributed by atoms with E-state index in [1.165, 1.54) is 24.0 Å². The molecule has 2 aliphatic carbocycles. The molecule has 3 aliphatic rings. The molecule has 0 bridgehead atoms. The maximum absolute atomic E-state index is 12.7. The van der Waals surface area contributed by atoms with E-state index in [-0.39, 0.29) is 11.9 Å². The Morgan fingerprint density at radius 2 is 2.04 bits per heavy atom. The number of likely N-dealkylation sites (tertiary alicyclic amines) is 1. The van der Waals surface area contributed by atoms with Gasteiger partial charge in [0.05, 0.1) is 0 Å². The number of nitrogens with one attached hydrogen (secondary N) is 1. The van der Waals surface area contributed by atoms with Crippen molar-refractivity contribution >= 4 is 11.9 Å². The van der Waals surface area contributed by atoms with Crippen LogP contribution in [0.1, 0.15) is 62.0 Å². The molecular weight excluding hydrogens is 352 g/mol. The lowest BCUT2D eigenvalue weighted by Gasteiger charge is -2.33. The van der Waals surface area contributed by atoms with Crippen LogP contribution in [0, 0.1) is 5.41 Å². The molecule has 2 atom stereocenters. The standard InChI is InChI=1S/C22H28N4O2/c1-15(20(27)26-12-10-22(8-9-22)11-13-26)23-21-25-24-19(28-21)14-17-7-6-16-4-2-3-5-18(16)17/h2-5,15,17H,6-14H2,1H3,(H,23,25). The van der Waals surface area contributed by atoms with Crippen LogP contribution >= 0.6 is 0 Å². The molecule has 28 heavy (non-hydrogen) atoms. The van der Waals surface area contributed by atoms with Crippen LogP contribution in [0.15, 0.2) is 28.7 Å². The number of carbonyl (C=O) groups is 1. The third-order valence-corrected chi connectivity index (χ3v) is 6.95. The van der Waals surface area contributed by atoms with Crippen molar-refractivity contribution in [3.8, 4) is 0 Å². The summed E-state index contributed by atoms with van der Waals surface area (Å²) < 4.78 is 5.81. The summed E-state index contributed by atoms with van der Waals surface area (Å²) in [6.07, 6.45) is 7.98. The Balaban J connectivity index is 1.17. The number of piperidine rings is 1. The highest BCUT2D eigenvalue weighted by atomic mass is 16.4. The lowest BCUT2D eigenvalue weighted by molar-refractivity contribution is -0.133. The van der Waals surface area contributed by atoms with Crippen molar-refractivity contribution in [2.45, 2.75) is 63.8 Å². The van der Waals surface area contributed by atoms with Crippen LogP contribution in [0.3, 0.4) is 0 Å². The van der Waals surface area contributed by atoms with Gasteiger partial charge in [0.15, 0.2) is 0 Å². The van der Waals surface area contributed by atoms with Crippen molar-refractivity contribution in [1.82, 2.24) is 15.1 Å². The van der Waals surface area contributed by atoms with Gasteiger partial charge < -0.3 is 14.6 Å². The lowest BCUT2D eigenvalue weighted by Crippen LogP contribution is -2.45. The molecule has 1 aliphatic heterocycles. The van der Waals surface area contributed by atoms with Gasteiger partial charge in [-0.2, -0.15) is 0 Å². The van der Waals surface area contributed by atoms with Crippen LogP contribution in [0.2, 0.25) is 0 Å². The molecule has 148 valence electrons. The summed E-state index contributed by atoms with van der Waals surface area (Å²) in [5.41, 5.74) is 3.41. The molecule has 1 amide bonds. The highest BCUT2D eigenvalue weighted by Gasteiger charge is 2.45. The number of fused-ring (bicyclic) bond motifs is 1. The molecule has 2 heterocycles. The second-order valence-corrected chi connectivity index (χ2v) is 8.83. The number of hydrogen-bond acceptors (Lipinski definition) is 5. The highest BCUT2D eigenvalue weighted by Crippen LogP contribution is 2.53. The minimum Gasteiger partial charge on any atom is -0.408 e. The first kappa shape index (κ1) is 17.7. The topological polar surface area (TPSA) is 71.3 Å². The van der Waals surface area contributed by atoms with Crippen molar-refractivity contribution < 1.29 is 9.21 Å². The third kappa shape index (κ3) is 3.40. The van der Waals surface area contributed by atoms with Gasteiger partial charge in [-0.25, -0.2) is 0 Å². The quantitative estimate of drug-likeness (QED) is 0.859. The van der Waals surface area contributed by atoms with E-state index < -0.39 is 0 Å². The Morgan fingerprint density at radius 1 is 1.25 bits per heavy atom. The molecule has 1 saturated carbocycles. The first-order valence-corrected chi connectivity index (χ1v) is 10.6. The maximum Gasteiger partial charge on any atom is 0.316 e. The van der Waals surface area contributed by atoms with E-state index in [2.05, 4.69) is 39.8 Å². The number of benzene rings is 1. The molecule has 0 radical (unpaired) electrons. The molecule has 1 aromatic heterocycles. The van der Waals surface area contributed by atoms with Crippen molar-refractivity contribution in [3.05, 3.63) is 41.3 Å². The van der Waals surface area contributed by atoms with E-state index >= 15 is 0 Å². The van der Waals surface area contributed by atoms with Gasteiger partial charge in [-0.05, 0) is 67.9 Å². The largest absolute Gasteiger partial charge is 0.408 e. The lowest BCUT2D eigenvalue weighted by atomic mass is 9.93. The number of anilines is 1. The molecular formula is C22H28N4O2. The second kappa shape index (κ2) is 6.90. The molecule has 6 heteroatoms. The summed E-state index contributed by atoms with van der Waals surface area (Å²) in [5, 5.41) is 11.4. The van der Waals surface area contributed by atoms with Crippen molar-refractivity contribution in [1.29, 1.82) is 0 Å². The molecule has 1 spiro atoms. The average molecular weight is 380 g/mol. The second-order valence-electron chi connectivity index (χ2n) is 8.83. The average Bonchev–Trinajstić information content (AvgIpc) is 3.13. The van der Waals surface area contributed by atoms with Gasteiger partial charge in [0.2, 0.25) is 11.8 Å². The number of aryl methyl sites for hydroxylation is 1. The predicted molar refractivity (Wildman–Crippen MR) is 106 cm³/mol. The molecule has 2 fully saturated rings. The number of aromatic nitrogens is 2. The molecule has 1 aromatic carbocycles. The minimum absolute atomic E-state index is 0.125. The van der Waals surface area contributed by atoms with Gasteiger partial charge in [-0.1, -0.05) is 29.4 Å². The summed E-state index contributed by atoms with van der Waals surface area (Å²) in [7, 11) is 0. The molecule has 2 unspecified atom stereocenters. The predicted octanol–water partition coefficient (Wildman–Crippen LogP) is 3.55. The van der Waals surface area contributed by atoms with Gasteiger partial charge >= 0.3 is 6.01 Å². The Morgan fingerprint density at radius 3 is 2.82 bits per heavy atom. The summed E-state index contributed by atoms with van der Waals surface area (Å²) in [4.78, 5) is 14.7. The monoisotopic (exact) mass is 380 g/mol. The smallest absolute Gasteiger partial charge is 0.316 e. The Hall–Kier alpha value is -2.37. The SMILES string of the molecule is CC(Nc1nnc(CC2CCc3ccccc32)o1)C(=O)N1CCC2(CC1)CC2. The summed E-state index contributed by atoms with van der Waals surface area (Å²) in [6.45, 7) is 3.63. The number of hydrogen-bond donors (Lipinski definition) is 1. The van der Waals surface area contributed by atoms with E-state index in [9.17, 15) is 4.79 Å². The fourth-order valence-electron chi connectivity index (χ4n) is 4.86. The number of amides is 1. The summed E-state index contributed by atoms with van der Waals surface area (Å²) in [6, 6.07) is 8.59.